The first-order valence-corrected chi connectivity index (χ1v) is 9.76. The van der Waals surface area contributed by atoms with Crippen molar-refractivity contribution in [3.63, 3.8) is 0 Å². The molecule has 11 heteroatoms. The molecule has 3 aromatic rings. The largest absolute Gasteiger partial charge is 0.573 e. The van der Waals surface area contributed by atoms with E-state index in [0.717, 1.165) is 17.7 Å². The predicted molar refractivity (Wildman–Crippen MR) is 115 cm³/mol. The summed E-state index contributed by atoms with van der Waals surface area (Å²) in [4.78, 5) is 12.2. The lowest BCUT2D eigenvalue weighted by molar-refractivity contribution is -0.274. The molecule has 0 aliphatic rings. The third-order valence-corrected chi connectivity index (χ3v) is 4.27. The van der Waals surface area contributed by atoms with Crippen LogP contribution in [0.2, 0.25) is 0 Å². The fourth-order valence-electron chi connectivity index (χ4n) is 2.84. The molecule has 3 aromatic carbocycles. The van der Waals surface area contributed by atoms with Crippen LogP contribution in [-0.2, 0) is 6.42 Å². The Morgan fingerprint density at radius 2 is 1.50 bits per heavy atom. The molecule has 0 heterocycles. The zero-order valence-corrected chi connectivity index (χ0v) is 17.4. The molecule has 0 saturated heterocycles. The van der Waals surface area contributed by atoms with Gasteiger partial charge in [-0.1, -0.05) is 30.3 Å². The van der Waals surface area contributed by atoms with Gasteiger partial charge < -0.3 is 14.8 Å². The molecule has 0 aliphatic heterocycles. The second kappa shape index (κ2) is 11.1. The van der Waals surface area contributed by atoms with Crippen molar-refractivity contribution in [2.75, 3.05) is 5.32 Å². The lowest BCUT2D eigenvalue weighted by atomic mass is 10.0. The summed E-state index contributed by atoms with van der Waals surface area (Å²) in [6.07, 6.45) is -4.50. The van der Waals surface area contributed by atoms with Crippen molar-refractivity contribution in [3.8, 4) is 11.5 Å². The summed E-state index contributed by atoms with van der Waals surface area (Å²) in [5, 5.41) is 6.57. The first kappa shape index (κ1) is 24.5. The fraction of sp³-hybridized carbons (Fsp3) is 0.130. The zero-order chi connectivity index (χ0) is 24.6. The Bertz CT molecular complexity index is 1100. The molecule has 0 fully saturated rings. The lowest BCUT2D eigenvalue weighted by Crippen LogP contribution is -2.26. The zero-order valence-electron chi connectivity index (χ0n) is 17.4. The molecule has 0 radical (unpaired) electrons. The SMILES string of the molecule is O=C(N/N=C(\Cc1ccccc1)c1ccc(OC(F)F)cc1)Nc1ccc(OC(F)(F)F)cc1. The van der Waals surface area contributed by atoms with Crippen LogP contribution in [0.4, 0.5) is 32.4 Å². The average Bonchev–Trinajstić information content (AvgIpc) is 2.78. The molecule has 0 unspecified atom stereocenters. The van der Waals surface area contributed by atoms with E-state index in [0.29, 0.717) is 17.7 Å². The fourth-order valence-corrected chi connectivity index (χ4v) is 2.84. The molecule has 0 saturated carbocycles. The summed E-state index contributed by atoms with van der Waals surface area (Å²) >= 11 is 0. The van der Waals surface area contributed by atoms with E-state index in [-0.39, 0.29) is 11.4 Å². The highest BCUT2D eigenvalue weighted by molar-refractivity contribution is 6.03. The second-order valence-electron chi connectivity index (χ2n) is 6.76. The molecule has 6 nitrogen and oxygen atoms in total. The van der Waals surface area contributed by atoms with Crippen LogP contribution in [0.5, 0.6) is 11.5 Å². The minimum absolute atomic E-state index is 0.0264. The van der Waals surface area contributed by atoms with Crippen molar-refractivity contribution < 1.29 is 36.2 Å². The van der Waals surface area contributed by atoms with E-state index >= 15 is 0 Å². The number of nitrogens with zero attached hydrogens (tertiary/aromatic N) is 1. The van der Waals surface area contributed by atoms with Gasteiger partial charge in [-0.05, 0) is 59.7 Å². The van der Waals surface area contributed by atoms with Gasteiger partial charge in [-0.25, -0.2) is 10.2 Å². The van der Waals surface area contributed by atoms with Crippen LogP contribution in [0, 0.1) is 0 Å². The maximum atomic E-state index is 12.4. The number of carbonyl (C=O) groups excluding carboxylic acids is 1. The molecule has 0 aliphatic carbocycles. The normalized spacial score (nSPS) is 11.8. The highest BCUT2D eigenvalue weighted by Gasteiger charge is 2.30. The first-order chi connectivity index (χ1) is 16.2. The minimum atomic E-state index is -4.82. The highest BCUT2D eigenvalue weighted by atomic mass is 19.4. The van der Waals surface area contributed by atoms with Crippen molar-refractivity contribution in [1.29, 1.82) is 0 Å². The topological polar surface area (TPSA) is 72.0 Å². The van der Waals surface area contributed by atoms with Crippen molar-refractivity contribution in [3.05, 3.63) is 90.0 Å². The number of amides is 2. The van der Waals surface area contributed by atoms with Gasteiger partial charge in [-0.3, -0.25) is 0 Å². The molecule has 3 rings (SSSR count). The number of ether oxygens (including phenoxy) is 2. The molecule has 0 spiro atoms. The Hall–Kier alpha value is -4.15. The van der Waals surface area contributed by atoms with Gasteiger partial charge in [-0.15, -0.1) is 13.2 Å². The Kier molecular flexibility index (Phi) is 8.01. The third-order valence-electron chi connectivity index (χ3n) is 4.27. The standard InChI is InChI=1S/C23H18F5N3O3/c24-21(25)33-18-10-6-16(7-11-18)20(14-15-4-2-1-3-5-15)30-31-22(32)29-17-8-12-19(13-9-17)34-23(26,27)28/h1-13,21H,14H2,(H2,29,31,32)/b30-20+. The average molecular weight is 479 g/mol. The van der Waals surface area contributed by atoms with Crippen LogP contribution in [0.3, 0.4) is 0 Å². The van der Waals surface area contributed by atoms with E-state index in [4.69, 9.17) is 0 Å². The van der Waals surface area contributed by atoms with Crippen molar-refractivity contribution in [1.82, 2.24) is 5.43 Å². The monoisotopic (exact) mass is 479 g/mol. The van der Waals surface area contributed by atoms with E-state index in [1.165, 1.54) is 36.4 Å². The van der Waals surface area contributed by atoms with Gasteiger partial charge in [0.05, 0.1) is 5.71 Å². The van der Waals surface area contributed by atoms with Gasteiger partial charge in [0.15, 0.2) is 0 Å². The number of hydrazone groups is 1. The number of urea groups is 1. The van der Waals surface area contributed by atoms with Gasteiger partial charge in [0, 0.05) is 12.1 Å². The molecular weight excluding hydrogens is 461 g/mol. The number of hydrogen-bond donors (Lipinski definition) is 2. The summed E-state index contributed by atoms with van der Waals surface area (Å²) < 4.78 is 69.6. The molecule has 0 aromatic heterocycles. The summed E-state index contributed by atoms with van der Waals surface area (Å²) in [6.45, 7) is -2.96. The van der Waals surface area contributed by atoms with Gasteiger partial charge in [0.25, 0.3) is 0 Å². The minimum Gasteiger partial charge on any atom is -0.435 e. The van der Waals surface area contributed by atoms with Crippen LogP contribution < -0.4 is 20.2 Å². The number of halogens is 5. The van der Waals surface area contributed by atoms with E-state index in [2.05, 4.69) is 25.3 Å². The predicted octanol–water partition coefficient (Wildman–Crippen LogP) is 5.96. The Labute approximate surface area is 191 Å². The Morgan fingerprint density at radius 1 is 0.882 bits per heavy atom. The molecule has 34 heavy (non-hydrogen) atoms. The van der Waals surface area contributed by atoms with Gasteiger partial charge in [0.2, 0.25) is 0 Å². The van der Waals surface area contributed by atoms with E-state index in [1.54, 1.807) is 0 Å². The van der Waals surface area contributed by atoms with E-state index in [1.807, 2.05) is 30.3 Å². The summed E-state index contributed by atoms with van der Waals surface area (Å²) in [5.41, 5.74) is 4.40. The molecule has 178 valence electrons. The number of alkyl halides is 5. The molecule has 0 atom stereocenters. The van der Waals surface area contributed by atoms with Crippen LogP contribution >= 0.6 is 0 Å². The number of nitrogens with one attached hydrogen (secondary N) is 2. The lowest BCUT2D eigenvalue weighted by Gasteiger charge is -2.11. The van der Waals surface area contributed by atoms with Crippen LogP contribution in [-0.4, -0.2) is 24.7 Å². The summed E-state index contributed by atoms with van der Waals surface area (Å²) in [6, 6.07) is 18.8. The second-order valence-corrected chi connectivity index (χ2v) is 6.76. The Morgan fingerprint density at radius 3 is 2.09 bits per heavy atom. The highest BCUT2D eigenvalue weighted by Crippen LogP contribution is 2.24. The smallest absolute Gasteiger partial charge is 0.435 e. The summed E-state index contributed by atoms with van der Waals surface area (Å²) in [7, 11) is 0. The molecule has 0 bridgehead atoms. The van der Waals surface area contributed by atoms with E-state index < -0.39 is 24.8 Å². The van der Waals surface area contributed by atoms with Gasteiger partial charge >= 0.3 is 19.0 Å². The maximum Gasteiger partial charge on any atom is 0.573 e. The van der Waals surface area contributed by atoms with Gasteiger partial charge in [-0.2, -0.15) is 13.9 Å². The number of carbonyl (C=O) groups is 1. The molecule has 2 N–H and O–H groups in total. The summed E-state index contributed by atoms with van der Waals surface area (Å²) in [5.74, 6) is -0.456. The van der Waals surface area contributed by atoms with Gasteiger partial charge in [0.1, 0.15) is 11.5 Å². The third kappa shape index (κ3) is 8.08. The quantitative estimate of drug-likeness (QED) is 0.238. The molecular formula is C23H18F5N3O3. The number of benzene rings is 3. The first-order valence-electron chi connectivity index (χ1n) is 9.76. The maximum absolute atomic E-state index is 12.4. The molecule has 2 amide bonds. The van der Waals surface area contributed by atoms with E-state index in [9.17, 15) is 26.7 Å². The van der Waals surface area contributed by atoms with Crippen molar-refractivity contribution in [2.45, 2.75) is 19.4 Å². The number of anilines is 1. The Balaban J connectivity index is 1.71. The van der Waals surface area contributed by atoms with Crippen LogP contribution in [0.15, 0.2) is 84.0 Å². The number of hydrogen-bond acceptors (Lipinski definition) is 4. The van der Waals surface area contributed by atoms with Crippen molar-refractivity contribution in [2.24, 2.45) is 5.10 Å². The number of rotatable bonds is 8. The van der Waals surface area contributed by atoms with Crippen molar-refractivity contribution >= 4 is 17.4 Å². The van der Waals surface area contributed by atoms with Crippen LogP contribution in [0.1, 0.15) is 11.1 Å². The van der Waals surface area contributed by atoms with Crippen LogP contribution in [0.25, 0.3) is 0 Å².